The van der Waals surface area contributed by atoms with Crippen molar-refractivity contribution in [2.24, 2.45) is 0 Å². The number of likely N-dealkylation sites (tertiary alicyclic amines) is 1. The second kappa shape index (κ2) is 14.3. The predicted octanol–water partition coefficient (Wildman–Crippen LogP) is 7.15. The zero-order valence-corrected chi connectivity index (χ0v) is 26.5. The Morgan fingerprint density at radius 1 is 0.913 bits per heavy atom. The van der Waals surface area contributed by atoms with E-state index in [1.807, 2.05) is 90.7 Å². The first kappa shape index (κ1) is 32.3. The lowest BCUT2D eigenvalue weighted by Crippen LogP contribution is -2.71. The van der Waals surface area contributed by atoms with Gasteiger partial charge >= 0.3 is 5.97 Å². The Morgan fingerprint density at radius 2 is 1.48 bits per heavy atom. The molecule has 1 amide bonds. The molecule has 0 bridgehead atoms. The zero-order chi connectivity index (χ0) is 32.7. The second-order valence-electron chi connectivity index (χ2n) is 10.7. The number of hydrogen-bond acceptors (Lipinski definition) is 8. The fourth-order valence-corrected chi connectivity index (χ4v) is 6.93. The maximum absolute atomic E-state index is 14.5. The van der Waals surface area contributed by atoms with Crippen LogP contribution < -0.4 is 9.47 Å². The zero-order valence-electron chi connectivity index (χ0n) is 25.7. The van der Waals surface area contributed by atoms with E-state index in [1.54, 1.807) is 32.4 Å². The average molecular weight is 639 g/mol. The van der Waals surface area contributed by atoms with Crippen LogP contribution in [-0.2, 0) is 20.9 Å². The molecule has 4 aromatic carbocycles. The Balaban J connectivity index is 1.49. The summed E-state index contributed by atoms with van der Waals surface area (Å²) < 4.78 is 15.4. The molecular weight excluding hydrogens is 604 g/mol. The van der Waals surface area contributed by atoms with E-state index in [0.717, 1.165) is 16.0 Å². The molecule has 0 radical (unpaired) electrons. The van der Waals surface area contributed by atoms with Gasteiger partial charge in [0.2, 0.25) is 5.91 Å². The molecule has 1 saturated heterocycles. The van der Waals surface area contributed by atoms with Gasteiger partial charge in [-0.05, 0) is 71.6 Å². The number of benzene rings is 4. The fourth-order valence-electron chi connectivity index (χ4n) is 5.56. The molecule has 0 aromatic heterocycles. The van der Waals surface area contributed by atoms with Gasteiger partial charge in [-0.2, -0.15) is 0 Å². The third-order valence-corrected chi connectivity index (χ3v) is 9.60. The maximum Gasteiger partial charge on any atom is 0.330 e. The van der Waals surface area contributed by atoms with Gasteiger partial charge in [-0.25, -0.2) is 4.79 Å². The van der Waals surface area contributed by atoms with Gasteiger partial charge in [0.15, 0.2) is 0 Å². The largest absolute Gasteiger partial charge is 0.497 e. The summed E-state index contributed by atoms with van der Waals surface area (Å²) >= 11 is 1.49. The monoisotopic (exact) mass is 638 g/mol. The van der Waals surface area contributed by atoms with Crippen LogP contribution >= 0.6 is 11.8 Å². The van der Waals surface area contributed by atoms with Crippen molar-refractivity contribution in [2.75, 3.05) is 14.2 Å². The number of nitro benzene ring substituents is 1. The number of methoxy groups -OCH3 is 2. The van der Waals surface area contributed by atoms with E-state index < -0.39 is 27.7 Å². The smallest absolute Gasteiger partial charge is 0.330 e. The van der Waals surface area contributed by atoms with Gasteiger partial charge in [0.1, 0.15) is 22.9 Å². The number of nitro groups is 1. The molecule has 9 nitrogen and oxygen atoms in total. The van der Waals surface area contributed by atoms with Crippen LogP contribution in [0, 0.1) is 10.1 Å². The molecule has 2 atom stereocenters. The lowest BCUT2D eigenvalue weighted by atomic mass is 9.79. The van der Waals surface area contributed by atoms with E-state index in [9.17, 15) is 19.7 Å². The summed E-state index contributed by atoms with van der Waals surface area (Å²) in [5.41, 5.74) is 2.34. The topological polar surface area (TPSA) is 108 Å². The summed E-state index contributed by atoms with van der Waals surface area (Å²) in [6.45, 7) is 1.93. The fraction of sp³-hybridized carbons (Fsp3) is 0.222. The van der Waals surface area contributed by atoms with Gasteiger partial charge in [0.25, 0.3) is 5.69 Å². The van der Waals surface area contributed by atoms with Gasteiger partial charge in [-0.15, -0.1) is 11.8 Å². The summed E-state index contributed by atoms with van der Waals surface area (Å²) in [5.74, 6) is 0.760. The molecule has 46 heavy (non-hydrogen) atoms. The number of rotatable bonds is 13. The molecule has 0 N–H and O–H groups in total. The van der Waals surface area contributed by atoms with Crippen LogP contribution in [0.3, 0.4) is 0 Å². The number of amides is 1. The van der Waals surface area contributed by atoms with Crippen LogP contribution in [0.1, 0.15) is 36.1 Å². The van der Waals surface area contributed by atoms with Gasteiger partial charge < -0.3 is 19.1 Å². The van der Waals surface area contributed by atoms with E-state index in [2.05, 4.69) is 0 Å². The standard InChI is InChI=1S/C36H34N2O7S/c1-4-36(46-31-8-6-5-7-9-31)32(22-23-33(39)45-24-25-10-16-28(17-11-25)38(41)42)37(35(36)40)34(26-12-18-29(43-2)19-13-26)27-14-20-30(44-3)21-15-27/h5-23,32,34H,4,24H2,1-3H3. The summed E-state index contributed by atoms with van der Waals surface area (Å²) in [7, 11) is 3.21. The van der Waals surface area contributed by atoms with E-state index in [-0.39, 0.29) is 18.2 Å². The highest BCUT2D eigenvalue weighted by molar-refractivity contribution is 8.01. The number of thioether (sulfide) groups is 1. The van der Waals surface area contributed by atoms with E-state index in [1.165, 1.54) is 30.0 Å². The van der Waals surface area contributed by atoms with Gasteiger partial charge in [-0.3, -0.25) is 14.9 Å². The summed E-state index contributed by atoms with van der Waals surface area (Å²) in [5, 5.41) is 11.0. The number of nitrogens with zero attached hydrogens (tertiary/aromatic N) is 2. The minimum atomic E-state index is -0.867. The van der Waals surface area contributed by atoms with E-state index in [0.29, 0.717) is 23.5 Å². The maximum atomic E-state index is 14.5. The summed E-state index contributed by atoms with van der Waals surface area (Å²) in [6.07, 6.45) is 3.64. The average Bonchev–Trinajstić information content (AvgIpc) is 3.10. The number of carbonyl (C=O) groups is 2. The highest BCUT2D eigenvalue weighted by Gasteiger charge is 2.61. The molecule has 10 heteroatoms. The molecule has 2 unspecified atom stereocenters. The Hall–Kier alpha value is -5.09. The predicted molar refractivity (Wildman–Crippen MR) is 176 cm³/mol. The van der Waals surface area contributed by atoms with Crippen LogP contribution in [0.2, 0.25) is 0 Å². The van der Waals surface area contributed by atoms with Crippen molar-refractivity contribution in [3.05, 3.63) is 142 Å². The normalized spacial score (nSPS) is 17.5. The number of esters is 1. The third kappa shape index (κ3) is 6.77. The molecule has 1 aliphatic heterocycles. The van der Waals surface area contributed by atoms with Crippen molar-refractivity contribution >= 4 is 29.3 Å². The lowest BCUT2D eigenvalue weighted by molar-refractivity contribution is -0.384. The van der Waals surface area contributed by atoms with Gasteiger partial charge in [-0.1, -0.05) is 55.5 Å². The molecule has 4 aromatic rings. The van der Waals surface area contributed by atoms with Crippen molar-refractivity contribution in [1.29, 1.82) is 0 Å². The number of β-lactam (4-membered cyclic amide) rings is 1. The Kier molecular flexibility index (Phi) is 10.1. The summed E-state index contributed by atoms with van der Waals surface area (Å²) in [6, 6.07) is 29.9. The SMILES string of the molecule is CCC1(Sc2ccccc2)C(=O)N(C(c2ccc(OC)cc2)c2ccc(OC)cc2)C1C=CC(=O)OCc1ccc([N+](=O)[O-])cc1. The van der Waals surface area contributed by atoms with Crippen LogP contribution in [0.4, 0.5) is 5.69 Å². The van der Waals surface area contributed by atoms with Crippen molar-refractivity contribution in [3.8, 4) is 11.5 Å². The Labute approximate surface area is 271 Å². The lowest BCUT2D eigenvalue weighted by Gasteiger charge is -2.57. The quantitative estimate of drug-likeness (QED) is 0.0500. The first-order valence-electron chi connectivity index (χ1n) is 14.7. The first-order chi connectivity index (χ1) is 22.3. The third-order valence-electron chi connectivity index (χ3n) is 8.03. The molecule has 1 heterocycles. The van der Waals surface area contributed by atoms with Crippen LogP contribution in [0.5, 0.6) is 11.5 Å². The van der Waals surface area contributed by atoms with Crippen molar-refractivity contribution in [3.63, 3.8) is 0 Å². The summed E-state index contributed by atoms with van der Waals surface area (Å²) in [4.78, 5) is 40.7. The Morgan fingerprint density at radius 3 is 1.98 bits per heavy atom. The molecule has 1 aliphatic rings. The van der Waals surface area contributed by atoms with E-state index >= 15 is 0 Å². The van der Waals surface area contributed by atoms with Crippen LogP contribution in [0.25, 0.3) is 0 Å². The van der Waals surface area contributed by atoms with Crippen LogP contribution in [0.15, 0.2) is 120 Å². The molecule has 0 aliphatic carbocycles. The van der Waals surface area contributed by atoms with Crippen molar-refractivity contribution in [1.82, 2.24) is 4.90 Å². The highest BCUT2D eigenvalue weighted by Crippen LogP contribution is 2.53. The molecule has 5 rings (SSSR count). The highest BCUT2D eigenvalue weighted by atomic mass is 32.2. The number of hydrogen-bond donors (Lipinski definition) is 0. The molecular formula is C36H34N2O7S. The number of carbonyl (C=O) groups excluding carboxylic acids is 2. The number of non-ortho nitro benzene ring substituents is 1. The minimum Gasteiger partial charge on any atom is -0.497 e. The molecule has 0 spiro atoms. The second-order valence-corrected chi connectivity index (χ2v) is 12.1. The van der Waals surface area contributed by atoms with Gasteiger partial charge in [0.05, 0.1) is 31.2 Å². The first-order valence-corrected chi connectivity index (χ1v) is 15.5. The number of ether oxygens (including phenoxy) is 3. The van der Waals surface area contributed by atoms with Gasteiger partial charge in [0, 0.05) is 23.1 Å². The molecule has 0 saturated carbocycles. The minimum absolute atomic E-state index is 0.0418. The van der Waals surface area contributed by atoms with Crippen molar-refractivity contribution < 1.29 is 28.7 Å². The van der Waals surface area contributed by atoms with E-state index in [4.69, 9.17) is 14.2 Å². The Bertz CT molecular complexity index is 1650. The van der Waals surface area contributed by atoms with Crippen LogP contribution in [-0.4, -0.2) is 46.7 Å². The molecule has 1 fully saturated rings. The molecule has 236 valence electrons. The van der Waals surface area contributed by atoms with Crippen molar-refractivity contribution in [2.45, 2.75) is 41.7 Å².